The van der Waals surface area contributed by atoms with Crippen molar-refractivity contribution in [1.29, 1.82) is 0 Å². The van der Waals surface area contributed by atoms with Crippen molar-refractivity contribution in [3.8, 4) is 5.75 Å². The molecule has 0 atom stereocenters. The average molecular weight is 217 g/mol. The lowest BCUT2D eigenvalue weighted by Crippen LogP contribution is -2.34. The molecule has 0 aliphatic carbocycles. The molecular weight excluding hydrogens is 202 g/mol. The van der Waals surface area contributed by atoms with Gasteiger partial charge in [-0.15, -0.1) is 11.3 Å². The third-order valence-electron chi connectivity index (χ3n) is 1.92. The first kappa shape index (κ1) is 11.5. The van der Waals surface area contributed by atoms with Crippen molar-refractivity contribution in [2.75, 3.05) is 20.3 Å². The summed E-state index contributed by atoms with van der Waals surface area (Å²) in [4.78, 5) is 1.07. The van der Waals surface area contributed by atoms with Gasteiger partial charge in [0.15, 0.2) is 0 Å². The number of nitrogens with one attached hydrogen (secondary N) is 1. The van der Waals surface area contributed by atoms with Gasteiger partial charge in [0.2, 0.25) is 0 Å². The van der Waals surface area contributed by atoms with Crippen LogP contribution >= 0.6 is 11.3 Å². The van der Waals surface area contributed by atoms with Gasteiger partial charge in [-0.05, 0) is 11.4 Å². The summed E-state index contributed by atoms with van der Waals surface area (Å²) in [5, 5.41) is 22.6. The highest BCUT2D eigenvalue weighted by atomic mass is 32.1. The van der Waals surface area contributed by atoms with Crippen molar-refractivity contribution in [2.24, 2.45) is 0 Å². The number of aliphatic hydroxyl groups is 2. The molecule has 0 radical (unpaired) electrons. The Balaban J connectivity index is 2.44. The van der Waals surface area contributed by atoms with Crippen molar-refractivity contribution >= 4 is 11.3 Å². The van der Waals surface area contributed by atoms with E-state index in [9.17, 15) is 0 Å². The lowest BCUT2D eigenvalue weighted by molar-refractivity contribution is 0.170. The second-order valence-corrected chi connectivity index (χ2v) is 3.86. The molecule has 0 saturated heterocycles. The summed E-state index contributed by atoms with van der Waals surface area (Å²) < 4.78 is 5.13. The molecule has 1 aromatic heterocycles. The van der Waals surface area contributed by atoms with Gasteiger partial charge in [0.1, 0.15) is 5.75 Å². The number of hydrogen-bond donors (Lipinski definition) is 3. The smallest absolute Gasteiger partial charge is 0.134 e. The van der Waals surface area contributed by atoms with E-state index in [1.54, 1.807) is 18.4 Å². The Bertz CT molecular complexity index is 260. The maximum absolute atomic E-state index is 8.83. The van der Waals surface area contributed by atoms with Crippen LogP contribution in [-0.2, 0) is 6.54 Å². The number of rotatable bonds is 6. The highest BCUT2D eigenvalue weighted by molar-refractivity contribution is 7.10. The minimum atomic E-state index is -0.262. The molecule has 0 aliphatic heterocycles. The predicted molar refractivity (Wildman–Crippen MR) is 55.7 cm³/mol. The molecular formula is C9H15NO3S. The molecule has 80 valence electrons. The van der Waals surface area contributed by atoms with E-state index < -0.39 is 0 Å². The number of thiophene rings is 1. The number of aliphatic hydroxyl groups excluding tert-OH is 2. The molecule has 0 saturated carbocycles. The maximum Gasteiger partial charge on any atom is 0.134 e. The van der Waals surface area contributed by atoms with Gasteiger partial charge in [0.25, 0.3) is 0 Å². The van der Waals surface area contributed by atoms with Crippen LogP contribution in [0.2, 0.25) is 0 Å². The first-order valence-corrected chi connectivity index (χ1v) is 5.25. The minimum absolute atomic E-state index is 0.0653. The van der Waals surface area contributed by atoms with E-state index in [0.29, 0.717) is 6.54 Å². The van der Waals surface area contributed by atoms with E-state index in [1.807, 2.05) is 11.4 Å². The second-order valence-electron chi connectivity index (χ2n) is 2.86. The van der Waals surface area contributed by atoms with Crippen LogP contribution in [0.5, 0.6) is 5.75 Å². The van der Waals surface area contributed by atoms with Crippen LogP contribution in [-0.4, -0.2) is 36.6 Å². The van der Waals surface area contributed by atoms with Gasteiger partial charge in [0.05, 0.1) is 31.2 Å². The van der Waals surface area contributed by atoms with Crippen LogP contribution in [0.25, 0.3) is 0 Å². The van der Waals surface area contributed by atoms with Gasteiger partial charge >= 0.3 is 0 Å². The van der Waals surface area contributed by atoms with Crippen LogP contribution in [0.15, 0.2) is 11.4 Å². The molecule has 0 unspecified atom stereocenters. The van der Waals surface area contributed by atoms with Crippen LogP contribution < -0.4 is 10.1 Å². The first-order chi connectivity index (χ1) is 6.81. The van der Waals surface area contributed by atoms with Crippen LogP contribution in [0.4, 0.5) is 0 Å². The summed E-state index contributed by atoms with van der Waals surface area (Å²) in [5.41, 5.74) is 0. The Morgan fingerprint density at radius 1 is 1.50 bits per heavy atom. The third kappa shape index (κ3) is 2.95. The second kappa shape index (κ2) is 5.98. The molecule has 4 nitrogen and oxygen atoms in total. The molecule has 0 aliphatic rings. The van der Waals surface area contributed by atoms with Gasteiger partial charge in [0, 0.05) is 6.54 Å². The normalized spacial score (nSPS) is 10.9. The van der Waals surface area contributed by atoms with E-state index >= 15 is 0 Å². The molecule has 5 heteroatoms. The first-order valence-electron chi connectivity index (χ1n) is 4.37. The van der Waals surface area contributed by atoms with E-state index in [0.717, 1.165) is 10.6 Å². The Labute approximate surface area is 87.1 Å². The zero-order chi connectivity index (χ0) is 10.4. The average Bonchev–Trinajstić information content (AvgIpc) is 2.67. The molecule has 14 heavy (non-hydrogen) atoms. The fourth-order valence-corrected chi connectivity index (χ4v) is 1.85. The SMILES string of the molecule is COc1ccsc1CNC(CO)CO. The van der Waals surface area contributed by atoms with Crippen molar-refractivity contribution in [3.63, 3.8) is 0 Å². The maximum atomic E-state index is 8.83. The Morgan fingerprint density at radius 3 is 2.79 bits per heavy atom. The topological polar surface area (TPSA) is 61.7 Å². The van der Waals surface area contributed by atoms with Crippen LogP contribution in [0.3, 0.4) is 0 Å². The quantitative estimate of drug-likeness (QED) is 0.637. The zero-order valence-electron chi connectivity index (χ0n) is 8.06. The molecule has 1 rings (SSSR count). The summed E-state index contributed by atoms with van der Waals surface area (Å²) in [6.07, 6.45) is 0. The van der Waals surface area contributed by atoms with Crippen molar-refractivity contribution in [3.05, 3.63) is 16.3 Å². The number of methoxy groups -OCH3 is 1. The Kier molecular flexibility index (Phi) is 4.89. The van der Waals surface area contributed by atoms with Gasteiger partial charge in [-0.25, -0.2) is 0 Å². The summed E-state index contributed by atoms with van der Waals surface area (Å²) in [6.45, 7) is 0.473. The molecule has 0 bridgehead atoms. The molecule has 0 amide bonds. The van der Waals surface area contributed by atoms with E-state index in [2.05, 4.69) is 5.32 Å². The van der Waals surface area contributed by atoms with E-state index in [1.165, 1.54) is 0 Å². The van der Waals surface area contributed by atoms with Crippen LogP contribution in [0.1, 0.15) is 4.88 Å². The highest BCUT2D eigenvalue weighted by Crippen LogP contribution is 2.23. The van der Waals surface area contributed by atoms with Gasteiger partial charge in [-0.1, -0.05) is 0 Å². The molecule has 0 spiro atoms. The van der Waals surface area contributed by atoms with Crippen molar-refractivity contribution in [2.45, 2.75) is 12.6 Å². The standard InChI is InChI=1S/C9H15NO3S/c1-13-8-2-3-14-9(8)4-10-7(5-11)6-12/h2-3,7,10-12H,4-6H2,1H3. The van der Waals surface area contributed by atoms with E-state index in [4.69, 9.17) is 14.9 Å². The lowest BCUT2D eigenvalue weighted by Gasteiger charge is -2.12. The molecule has 0 fully saturated rings. The monoisotopic (exact) mass is 217 g/mol. The summed E-state index contributed by atoms with van der Waals surface area (Å²) in [7, 11) is 1.63. The summed E-state index contributed by atoms with van der Waals surface area (Å²) >= 11 is 1.59. The molecule has 0 aromatic carbocycles. The van der Waals surface area contributed by atoms with Gasteiger partial charge in [-0.3, -0.25) is 0 Å². The Morgan fingerprint density at radius 2 is 2.21 bits per heavy atom. The zero-order valence-corrected chi connectivity index (χ0v) is 8.88. The van der Waals surface area contributed by atoms with Crippen molar-refractivity contribution < 1.29 is 14.9 Å². The molecule has 1 aromatic rings. The lowest BCUT2D eigenvalue weighted by atomic mass is 10.3. The number of ether oxygens (including phenoxy) is 1. The third-order valence-corrected chi connectivity index (χ3v) is 2.82. The summed E-state index contributed by atoms with van der Waals surface area (Å²) in [5.74, 6) is 0.845. The van der Waals surface area contributed by atoms with Crippen LogP contribution in [0, 0.1) is 0 Å². The minimum Gasteiger partial charge on any atom is -0.496 e. The van der Waals surface area contributed by atoms with Gasteiger partial charge < -0.3 is 20.3 Å². The largest absolute Gasteiger partial charge is 0.496 e. The molecule has 3 N–H and O–H groups in total. The number of hydrogen-bond acceptors (Lipinski definition) is 5. The fourth-order valence-electron chi connectivity index (χ4n) is 1.06. The summed E-state index contributed by atoms with van der Waals surface area (Å²) in [6, 6.07) is 1.64. The van der Waals surface area contributed by atoms with Crippen molar-refractivity contribution in [1.82, 2.24) is 5.32 Å². The van der Waals surface area contributed by atoms with E-state index in [-0.39, 0.29) is 19.3 Å². The fraction of sp³-hybridized carbons (Fsp3) is 0.556. The Hall–Kier alpha value is -0.620. The highest BCUT2D eigenvalue weighted by Gasteiger charge is 2.08. The predicted octanol–water partition coefficient (Wildman–Crippen LogP) is 0.200. The molecule has 1 heterocycles. The van der Waals surface area contributed by atoms with Gasteiger partial charge in [-0.2, -0.15) is 0 Å².